The van der Waals surface area contributed by atoms with Gasteiger partial charge in [-0.05, 0) is 36.7 Å². The minimum atomic E-state index is 0.715. The molecule has 0 aliphatic heterocycles. The van der Waals surface area contributed by atoms with E-state index in [0.29, 0.717) is 5.00 Å². The second-order valence-electron chi connectivity index (χ2n) is 4.60. The van der Waals surface area contributed by atoms with E-state index in [1.165, 1.54) is 16.9 Å². The number of thiophene rings is 1. The first kappa shape index (κ1) is 10.5. The smallest absolute Gasteiger partial charge is 0.104 e. The Bertz CT molecular complexity index is 412. The normalized spacial score (nSPS) is 20.0. The zero-order chi connectivity index (χ0) is 11.0. The molecule has 2 rings (SSSR count). The van der Waals surface area contributed by atoms with Gasteiger partial charge in [0.05, 0.1) is 5.56 Å². The lowest BCUT2D eigenvalue weighted by atomic mass is 9.81. The van der Waals surface area contributed by atoms with Crippen LogP contribution < -0.4 is 5.73 Å². The van der Waals surface area contributed by atoms with Crippen LogP contribution in [0.4, 0.5) is 5.00 Å². The molecule has 80 valence electrons. The summed E-state index contributed by atoms with van der Waals surface area (Å²) in [6.45, 7) is 4.55. The largest absolute Gasteiger partial charge is 0.389 e. The molecule has 1 atom stereocenters. The summed E-state index contributed by atoms with van der Waals surface area (Å²) in [6, 6.07) is 2.23. The van der Waals surface area contributed by atoms with Gasteiger partial charge >= 0.3 is 0 Å². The predicted octanol–water partition coefficient (Wildman–Crippen LogP) is 2.96. The van der Waals surface area contributed by atoms with E-state index < -0.39 is 0 Å². The molecule has 1 aliphatic rings. The van der Waals surface area contributed by atoms with Gasteiger partial charge in [-0.2, -0.15) is 5.26 Å². The van der Waals surface area contributed by atoms with Crippen molar-refractivity contribution in [2.75, 3.05) is 5.73 Å². The van der Waals surface area contributed by atoms with E-state index in [0.717, 1.165) is 30.2 Å². The fraction of sp³-hybridized carbons (Fsp3) is 0.583. The molecule has 0 saturated heterocycles. The summed E-state index contributed by atoms with van der Waals surface area (Å²) in [5.41, 5.74) is 7.83. The van der Waals surface area contributed by atoms with Crippen LogP contribution >= 0.6 is 11.3 Å². The Morgan fingerprint density at radius 2 is 2.27 bits per heavy atom. The number of hydrogen-bond acceptors (Lipinski definition) is 3. The number of fused-ring (bicyclic) bond motifs is 1. The summed E-state index contributed by atoms with van der Waals surface area (Å²) in [6.07, 6.45) is 3.36. The SMILES string of the molecule is CC(C)[C@@H]1CCc2c(sc(N)c2C#N)C1. The first-order chi connectivity index (χ1) is 7.13. The topological polar surface area (TPSA) is 49.8 Å². The monoisotopic (exact) mass is 220 g/mol. The average molecular weight is 220 g/mol. The van der Waals surface area contributed by atoms with Crippen molar-refractivity contribution in [1.82, 2.24) is 0 Å². The summed E-state index contributed by atoms with van der Waals surface area (Å²) in [5, 5.41) is 9.73. The molecule has 0 amide bonds. The van der Waals surface area contributed by atoms with Crippen LogP contribution in [0.25, 0.3) is 0 Å². The van der Waals surface area contributed by atoms with Crippen LogP contribution in [0.5, 0.6) is 0 Å². The van der Waals surface area contributed by atoms with Crippen molar-refractivity contribution in [2.45, 2.75) is 33.1 Å². The maximum absolute atomic E-state index is 9.02. The lowest BCUT2D eigenvalue weighted by molar-refractivity contribution is 0.346. The van der Waals surface area contributed by atoms with Crippen molar-refractivity contribution >= 4 is 16.3 Å². The Labute approximate surface area is 94.7 Å². The van der Waals surface area contributed by atoms with Crippen LogP contribution in [0.1, 0.15) is 36.3 Å². The molecular weight excluding hydrogens is 204 g/mol. The molecule has 1 aliphatic carbocycles. The number of hydrogen-bond donors (Lipinski definition) is 1. The molecule has 0 aromatic carbocycles. The molecule has 15 heavy (non-hydrogen) atoms. The summed E-state index contributed by atoms with van der Waals surface area (Å²) in [7, 11) is 0. The fourth-order valence-corrected chi connectivity index (χ4v) is 3.49. The van der Waals surface area contributed by atoms with Gasteiger partial charge in [0.25, 0.3) is 0 Å². The van der Waals surface area contributed by atoms with Crippen LogP contribution in [-0.2, 0) is 12.8 Å². The molecule has 0 unspecified atom stereocenters. The van der Waals surface area contributed by atoms with Crippen molar-refractivity contribution in [3.05, 3.63) is 16.0 Å². The molecule has 2 nitrogen and oxygen atoms in total. The molecule has 1 aromatic rings. The summed E-state index contributed by atoms with van der Waals surface area (Å²) in [5.74, 6) is 1.49. The number of nitrogens with zero attached hydrogens (tertiary/aromatic N) is 1. The highest BCUT2D eigenvalue weighted by atomic mass is 32.1. The molecule has 0 bridgehead atoms. The zero-order valence-corrected chi connectivity index (χ0v) is 10.0. The highest BCUT2D eigenvalue weighted by Gasteiger charge is 2.26. The van der Waals surface area contributed by atoms with E-state index in [1.54, 1.807) is 11.3 Å². The van der Waals surface area contributed by atoms with E-state index in [-0.39, 0.29) is 0 Å². The first-order valence-corrected chi connectivity index (χ1v) is 6.25. The van der Waals surface area contributed by atoms with E-state index in [9.17, 15) is 0 Å². The number of nitriles is 1. The number of nitrogens with two attached hydrogens (primary N) is 1. The third-order valence-corrected chi connectivity index (χ3v) is 4.47. The van der Waals surface area contributed by atoms with E-state index in [1.807, 2.05) is 0 Å². The summed E-state index contributed by atoms with van der Waals surface area (Å²) >= 11 is 1.62. The molecule has 0 fully saturated rings. The van der Waals surface area contributed by atoms with Crippen molar-refractivity contribution in [3.63, 3.8) is 0 Å². The Morgan fingerprint density at radius 3 is 2.87 bits per heavy atom. The third kappa shape index (κ3) is 1.74. The van der Waals surface area contributed by atoms with Crippen LogP contribution in [0.15, 0.2) is 0 Å². The van der Waals surface area contributed by atoms with Gasteiger partial charge in [0.2, 0.25) is 0 Å². The van der Waals surface area contributed by atoms with Crippen molar-refractivity contribution in [1.29, 1.82) is 5.26 Å². The van der Waals surface area contributed by atoms with Crippen LogP contribution in [-0.4, -0.2) is 0 Å². The number of rotatable bonds is 1. The minimum Gasteiger partial charge on any atom is -0.389 e. The summed E-state index contributed by atoms with van der Waals surface area (Å²) in [4.78, 5) is 1.36. The lowest BCUT2D eigenvalue weighted by Gasteiger charge is -2.25. The quantitative estimate of drug-likeness (QED) is 0.791. The zero-order valence-electron chi connectivity index (χ0n) is 9.21. The molecular formula is C12H16N2S. The molecule has 1 heterocycles. The van der Waals surface area contributed by atoms with Crippen LogP contribution in [0.2, 0.25) is 0 Å². The molecule has 0 spiro atoms. The van der Waals surface area contributed by atoms with Gasteiger partial charge < -0.3 is 5.73 Å². The highest BCUT2D eigenvalue weighted by molar-refractivity contribution is 7.16. The second kappa shape index (κ2) is 3.86. The lowest BCUT2D eigenvalue weighted by Crippen LogP contribution is -2.17. The van der Waals surface area contributed by atoms with Gasteiger partial charge in [0.15, 0.2) is 0 Å². The average Bonchev–Trinajstić information content (AvgIpc) is 2.51. The van der Waals surface area contributed by atoms with E-state index >= 15 is 0 Å². The third-order valence-electron chi connectivity index (χ3n) is 3.39. The highest BCUT2D eigenvalue weighted by Crippen LogP contribution is 2.39. The maximum Gasteiger partial charge on any atom is 0.104 e. The Balaban J connectivity index is 2.33. The van der Waals surface area contributed by atoms with Crippen LogP contribution in [0, 0.1) is 23.2 Å². The van der Waals surface area contributed by atoms with Gasteiger partial charge in [-0.3, -0.25) is 0 Å². The number of nitrogen functional groups attached to an aromatic ring is 1. The van der Waals surface area contributed by atoms with Gasteiger partial charge in [0, 0.05) is 4.88 Å². The van der Waals surface area contributed by atoms with Gasteiger partial charge in [-0.25, -0.2) is 0 Å². The Hall–Kier alpha value is -1.01. The maximum atomic E-state index is 9.02. The molecule has 2 N–H and O–H groups in total. The Kier molecular flexibility index (Phi) is 2.70. The van der Waals surface area contributed by atoms with Crippen molar-refractivity contribution < 1.29 is 0 Å². The second-order valence-corrected chi connectivity index (χ2v) is 5.74. The van der Waals surface area contributed by atoms with Gasteiger partial charge in [-0.1, -0.05) is 13.8 Å². The Morgan fingerprint density at radius 1 is 1.53 bits per heavy atom. The van der Waals surface area contributed by atoms with Crippen molar-refractivity contribution in [2.24, 2.45) is 11.8 Å². The molecule has 0 saturated carbocycles. The predicted molar refractivity (Wildman–Crippen MR) is 63.8 cm³/mol. The van der Waals surface area contributed by atoms with E-state index in [4.69, 9.17) is 11.0 Å². The van der Waals surface area contributed by atoms with Crippen molar-refractivity contribution in [3.8, 4) is 6.07 Å². The number of anilines is 1. The minimum absolute atomic E-state index is 0.715. The molecule has 0 radical (unpaired) electrons. The molecule has 3 heteroatoms. The standard InChI is InChI=1S/C12H16N2S/c1-7(2)8-3-4-9-10(6-13)12(14)15-11(9)5-8/h7-8H,3-5,14H2,1-2H3/t8-/m1/s1. The fourth-order valence-electron chi connectivity index (χ4n) is 2.32. The van der Waals surface area contributed by atoms with Gasteiger partial charge in [-0.15, -0.1) is 11.3 Å². The van der Waals surface area contributed by atoms with Gasteiger partial charge in [0.1, 0.15) is 11.1 Å². The molecule has 1 aromatic heterocycles. The van der Waals surface area contributed by atoms with Crippen LogP contribution in [0.3, 0.4) is 0 Å². The first-order valence-electron chi connectivity index (χ1n) is 5.43. The van der Waals surface area contributed by atoms with E-state index in [2.05, 4.69) is 19.9 Å². The summed E-state index contributed by atoms with van der Waals surface area (Å²) < 4.78 is 0.